The average Bonchev–Trinajstić information content (AvgIpc) is 2.37. The Morgan fingerprint density at radius 1 is 0.952 bits per heavy atom. The van der Waals surface area contributed by atoms with Crippen molar-refractivity contribution in [3.05, 3.63) is 0 Å². The van der Waals surface area contributed by atoms with Gasteiger partial charge in [-0.25, -0.2) is 0 Å². The van der Waals surface area contributed by atoms with Gasteiger partial charge in [-0.15, -0.1) is 0 Å². The van der Waals surface area contributed by atoms with E-state index in [0.717, 1.165) is 38.5 Å². The Balaban J connectivity index is 4.44. The summed E-state index contributed by atoms with van der Waals surface area (Å²) < 4.78 is 5.48. The molecule has 0 amide bonds. The molecule has 126 valence electrons. The molecule has 0 rings (SSSR count). The number of ether oxygens (including phenoxy) is 1. The molecule has 0 aliphatic carbocycles. The smallest absolute Gasteiger partial charge is 0.312 e. The molecule has 0 spiro atoms. The van der Waals surface area contributed by atoms with E-state index in [0.29, 0.717) is 6.42 Å². The number of hydrogen-bond donors (Lipinski definition) is 1. The maximum absolute atomic E-state index is 12.3. The molecule has 0 aromatic heterocycles. The first-order valence-electron chi connectivity index (χ1n) is 8.72. The quantitative estimate of drug-likeness (QED) is 0.438. The third-order valence-corrected chi connectivity index (χ3v) is 3.65. The van der Waals surface area contributed by atoms with Gasteiger partial charge in [0.05, 0.1) is 12.0 Å². The largest absolute Gasteiger partial charge is 0.460 e. The molecular formula is C18H36O3. The number of aliphatic hydroxyl groups is 1. The SMILES string of the molecule is CCCCCCC(O)C(CCCCC)C(=O)OC(C)(C)C. The molecule has 2 atom stereocenters. The molecule has 3 nitrogen and oxygen atoms in total. The molecule has 0 aliphatic heterocycles. The van der Waals surface area contributed by atoms with Crippen molar-refractivity contribution < 1.29 is 14.6 Å². The van der Waals surface area contributed by atoms with Gasteiger partial charge in [-0.2, -0.15) is 0 Å². The van der Waals surface area contributed by atoms with Crippen LogP contribution in [-0.4, -0.2) is 22.8 Å². The summed E-state index contributed by atoms with van der Waals surface area (Å²) in [7, 11) is 0. The molecule has 2 unspecified atom stereocenters. The van der Waals surface area contributed by atoms with E-state index in [9.17, 15) is 9.90 Å². The van der Waals surface area contributed by atoms with Gasteiger partial charge in [-0.3, -0.25) is 4.79 Å². The summed E-state index contributed by atoms with van der Waals surface area (Å²) in [6.45, 7) is 9.94. The van der Waals surface area contributed by atoms with E-state index < -0.39 is 11.7 Å². The number of unbranched alkanes of at least 4 members (excludes halogenated alkanes) is 5. The Bertz CT molecular complexity index is 268. The van der Waals surface area contributed by atoms with Gasteiger partial charge in [0, 0.05) is 0 Å². The van der Waals surface area contributed by atoms with Crippen LogP contribution in [0.1, 0.15) is 92.4 Å². The van der Waals surface area contributed by atoms with E-state index in [2.05, 4.69) is 13.8 Å². The van der Waals surface area contributed by atoms with Crippen LogP contribution in [0.3, 0.4) is 0 Å². The first-order chi connectivity index (χ1) is 9.81. The Morgan fingerprint density at radius 2 is 1.48 bits per heavy atom. The Morgan fingerprint density at radius 3 is 2.00 bits per heavy atom. The van der Waals surface area contributed by atoms with Crippen molar-refractivity contribution in [2.75, 3.05) is 0 Å². The van der Waals surface area contributed by atoms with Crippen molar-refractivity contribution in [1.82, 2.24) is 0 Å². The van der Waals surface area contributed by atoms with Crippen LogP contribution in [0.2, 0.25) is 0 Å². The van der Waals surface area contributed by atoms with Crippen molar-refractivity contribution in [3.8, 4) is 0 Å². The minimum atomic E-state index is -0.562. The summed E-state index contributed by atoms with van der Waals surface area (Å²) in [5, 5.41) is 10.4. The lowest BCUT2D eigenvalue weighted by atomic mass is 9.91. The van der Waals surface area contributed by atoms with Crippen molar-refractivity contribution >= 4 is 5.97 Å². The van der Waals surface area contributed by atoms with Gasteiger partial charge in [-0.1, -0.05) is 58.8 Å². The topological polar surface area (TPSA) is 46.5 Å². The van der Waals surface area contributed by atoms with Crippen LogP contribution in [0.25, 0.3) is 0 Å². The number of esters is 1. The zero-order chi connectivity index (χ0) is 16.3. The van der Waals surface area contributed by atoms with Gasteiger partial charge in [0.1, 0.15) is 5.60 Å². The average molecular weight is 300 g/mol. The van der Waals surface area contributed by atoms with Crippen LogP contribution in [0.15, 0.2) is 0 Å². The van der Waals surface area contributed by atoms with Crippen molar-refractivity contribution in [3.63, 3.8) is 0 Å². The second-order valence-corrected chi connectivity index (χ2v) is 7.05. The summed E-state index contributed by atoms with van der Waals surface area (Å²) in [6.07, 6.45) is 8.57. The summed E-state index contributed by atoms with van der Waals surface area (Å²) in [5.41, 5.74) is -0.484. The standard InChI is InChI=1S/C18H36O3/c1-6-8-10-12-14-16(19)15(13-11-9-7-2)17(20)21-18(3,4)5/h15-16,19H,6-14H2,1-5H3. The molecule has 0 saturated carbocycles. The Kier molecular flexibility index (Phi) is 10.8. The summed E-state index contributed by atoms with van der Waals surface area (Å²) in [5.74, 6) is -0.598. The number of carbonyl (C=O) groups is 1. The molecule has 0 saturated heterocycles. The molecule has 0 aromatic rings. The van der Waals surface area contributed by atoms with E-state index in [-0.39, 0.29) is 11.9 Å². The van der Waals surface area contributed by atoms with Gasteiger partial charge >= 0.3 is 5.97 Å². The predicted octanol–water partition coefficient (Wildman–Crippen LogP) is 4.86. The van der Waals surface area contributed by atoms with Crippen LogP contribution in [0.4, 0.5) is 0 Å². The molecule has 21 heavy (non-hydrogen) atoms. The highest BCUT2D eigenvalue weighted by Crippen LogP contribution is 2.23. The lowest BCUT2D eigenvalue weighted by Gasteiger charge is -2.27. The van der Waals surface area contributed by atoms with E-state index in [1.54, 1.807) is 0 Å². The highest BCUT2D eigenvalue weighted by Gasteiger charge is 2.30. The molecule has 0 aliphatic rings. The lowest BCUT2D eigenvalue weighted by Crippen LogP contribution is -2.35. The van der Waals surface area contributed by atoms with Gasteiger partial charge in [0.25, 0.3) is 0 Å². The molecule has 1 N–H and O–H groups in total. The van der Waals surface area contributed by atoms with Crippen molar-refractivity contribution in [1.29, 1.82) is 0 Å². The summed E-state index contributed by atoms with van der Waals surface area (Å²) in [6, 6.07) is 0. The van der Waals surface area contributed by atoms with Crippen molar-refractivity contribution in [2.24, 2.45) is 5.92 Å². The normalized spacial score (nSPS) is 14.8. The Hall–Kier alpha value is -0.570. The van der Waals surface area contributed by atoms with E-state index in [1.807, 2.05) is 20.8 Å². The summed E-state index contributed by atoms with van der Waals surface area (Å²) >= 11 is 0. The molecule has 0 fully saturated rings. The second-order valence-electron chi connectivity index (χ2n) is 7.05. The highest BCUT2D eigenvalue weighted by molar-refractivity contribution is 5.73. The molecule has 3 heteroatoms. The molecular weight excluding hydrogens is 264 g/mol. The zero-order valence-corrected chi connectivity index (χ0v) is 14.8. The van der Waals surface area contributed by atoms with Crippen LogP contribution in [0.5, 0.6) is 0 Å². The van der Waals surface area contributed by atoms with Gasteiger partial charge in [-0.05, 0) is 33.6 Å². The number of rotatable bonds is 11. The fraction of sp³-hybridized carbons (Fsp3) is 0.944. The van der Waals surface area contributed by atoms with Crippen LogP contribution >= 0.6 is 0 Å². The van der Waals surface area contributed by atoms with Crippen LogP contribution in [-0.2, 0) is 9.53 Å². The maximum atomic E-state index is 12.3. The number of carbonyl (C=O) groups excluding carboxylic acids is 1. The molecule has 0 radical (unpaired) electrons. The van der Waals surface area contributed by atoms with Gasteiger partial charge in [0.2, 0.25) is 0 Å². The van der Waals surface area contributed by atoms with Gasteiger partial charge < -0.3 is 9.84 Å². The minimum Gasteiger partial charge on any atom is -0.460 e. The zero-order valence-electron chi connectivity index (χ0n) is 14.8. The second kappa shape index (κ2) is 11.1. The fourth-order valence-electron chi connectivity index (χ4n) is 2.44. The lowest BCUT2D eigenvalue weighted by molar-refractivity contribution is -0.164. The van der Waals surface area contributed by atoms with Crippen LogP contribution in [0, 0.1) is 5.92 Å². The third kappa shape index (κ3) is 10.8. The maximum Gasteiger partial charge on any atom is 0.312 e. The minimum absolute atomic E-state index is 0.235. The predicted molar refractivity (Wildman–Crippen MR) is 88.2 cm³/mol. The first-order valence-corrected chi connectivity index (χ1v) is 8.72. The monoisotopic (exact) mass is 300 g/mol. The van der Waals surface area contributed by atoms with Crippen LogP contribution < -0.4 is 0 Å². The van der Waals surface area contributed by atoms with E-state index >= 15 is 0 Å². The summed E-state index contributed by atoms with van der Waals surface area (Å²) in [4.78, 5) is 12.3. The fourth-order valence-corrected chi connectivity index (χ4v) is 2.44. The third-order valence-electron chi connectivity index (χ3n) is 3.65. The molecule has 0 heterocycles. The first kappa shape index (κ1) is 20.4. The van der Waals surface area contributed by atoms with E-state index in [4.69, 9.17) is 4.74 Å². The highest BCUT2D eigenvalue weighted by atomic mass is 16.6. The number of hydrogen-bond acceptors (Lipinski definition) is 3. The Labute approximate surface area is 131 Å². The number of aliphatic hydroxyl groups excluding tert-OH is 1. The van der Waals surface area contributed by atoms with Crippen molar-refractivity contribution in [2.45, 2.75) is 104 Å². The molecule has 0 aromatic carbocycles. The van der Waals surface area contributed by atoms with E-state index in [1.165, 1.54) is 12.8 Å². The molecule has 0 bridgehead atoms. The van der Waals surface area contributed by atoms with Gasteiger partial charge in [0.15, 0.2) is 0 Å².